The van der Waals surface area contributed by atoms with E-state index in [-0.39, 0.29) is 11.3 Å². The molecule has 0 saturated carbocycles. The van der Waals surface area contributed by atoms with Gasteiger partial charge >= 0.3 is 5.97 Å². The Hall–Kier alpha value is -3.09. The second kappa shape index (κ2) is 5.91. The molecule has 0 aliphatic rings. The van der Waals surface area contributed by atoms with Crippen LogP contribution in [0, 0.1) is 0 Å². The van der Waals surface area contributed by atoms with E-state index >= 15 is 0 Å². The second-order valence-corrected chi connectivity index (χ2v) is 4.18. The molecule has 0 aliphatic carbocycles. The van der Waals surface area contributed by atoms with Crippen molar-refractivity contribution in [3.05, 3.63) is 47.7 Å². The Balaban J connectivity index is 2.27. The number of esters is 1. The van der Waals surface area contributed by atoms with Crippen LogP contribution in [0.1, 0.15) is 20.7 Å². The standard InChI is InChI=1S/C14H14N4O3/c1-21-14(20)10-6-7-17-13(11(10)15)18-9-4-2-8(3-5-9)12(16)19/h2-7H,15H2,1H3,(H2,16,19)(H,17,18). The van der Waals surface area contributed by atoms with Crippen LogP contribution in [-0.4, -0.2) is 24.0 Å². The topological polar surface area (TPSA) is 120 Å². The summed E-state index contributed by atoms with van der Waals surface area (Å²) in [4.78, 5) is 26.6. The monoisotopic (exact) mass is 286 g/mol. The number of anilines is 3. The van der Waals surface area contributed by atoms with Crippen LogP contribution in [0.5, 0.6) is 0 Å². The van der Waals surface area contributed by atoms with Crippen molar-refractivity contribution in [2.45, 2.75) is 0 Å². The van der Waals surface area contributed by atoms with Crippen molar-refractivity contribution in [1.82, 2.24) is 4.98 Å². The average molecular weight is 286 g/mol. The Bertz CT molecular complexity index is 683. The van der Waals surface area contributed by atoms with Gasteiger partial charge in [0.25, 0.3) is 0 Å². The Morgan fingerprint density at radius 3 is 2.43 bits per heavy atom. The number of carbonyl (C=O) groups is 2. The molecule has 0 radical (unpaired) electrons. The van der Waals surface area contributed by atoms with Crippen LogP contribution < -0.4 is 16.8 Å². The number of nitrogens with one attached hydrogen (secondary N) is 1. The van der Waals surface area contributed by atoms with Gasteiger partial charge in [0.15, 0.2) is 5.82 Å². The van der Waals surface area contributed by atoms with Crippen LogP contribution in [-0.2, 0) is 4.74 Å². The summed E-state index contributed by atoms with van der Waals surface area (Å²) >= 11 is 0. The van der Waals surface area contributed by atoms with Crippen molar-refractivity contribution >= 4 is 29.1 Å². The smallest absolute Gasteiger partial charge is 0.340 e. The van der Waals surface area contributed by atoms with Crippen molar-refractivity contribution in [3.63, 3.8) is 0 Å². The number of amides is 1. The van der Waals surface area contributed by atoms with Crippen molar-refractivity contribution in [2.75, 3.05) is 18.2 Å². The number of aromatic nitrogens is 1. The first-order chi connectivity index (χ1) is 10.0. The fraction of sp³-hybridized carbons (Fsp3) is 0.0714. The molecule has 0 bridgehead atoms. The molecule has 0 fully saturated rings. The number of ether oxygens (including phenoxy) is 1. The van der Waals surface area contributed by atoms with Gasteiger partial charge in [-0.1, -0.05) is 0 Å². The molecule has 0 aliphatic heterocycles. The predicted molar refractivity (Wildman–Crippen MR) is 78.2 cm³/mol. The fourth-order valence-corrected chi connectivity index (χ4v) is 1.72. The molecule has 0 saturated heterocycles. The number of primary amides is 1. The molecular weight excluding hydrogens is 272 g/mol. The maximum atomic E-state index is 11.5. The highest BCUT2D eigenvalue weighted by Gasteiger charge is 2.14. The largest absolute Gasteiger partial charge is 0.465 e. The minimum Gasteiger partial charge on any atom is -0.465 e. The zero-order chi connectivity index (χ0) is 15.4. The number of rotatable bonds is 4. The lowest BCUT2D eigenvalue weighted by Crippen LogP contribution is -2.11. The maximum absolute atomic E-state index is 11.5. The summed E-state index contributed by atoms with van der Waals surface area (Å²) in [6.45, 7) is 0. The van der Waals surface area contributed by atoms with Crippen LogP contribution in [0.3, 0.4) is 0 Å². The number of methoxy groups -OCH3 is 1. The van der Waals surface area contributed by atoms with Crippen LogP contribution >= 0.6 is 0 Å². The Morgan fingerprint density at radius 2 is 1.86 bits per heavy atom. The third-order valence-electron chi connectivity index (χ3n) is 2.83. The first-order valence-corrected chi connectivity index (χ1v) is 6.02. The average Bonchev–Trinajstić information content (AvgIpc) is 2.49. The summed E-state index contributed by atoms with van der Waals surface area (Å²) in [5, 5.41) is 2.96. The SMILES string of the molecule is COC(=O)c1ccnc(Nc2ccc(C(N)=O)cc2)c1N. The van der Waals surface area contributed by atoms with Crippen molar-refractivity contribution < 1.29 is 14.3 Å². The van der Waals surface area contributed by atoms with E-state index in [1.807, 2.05) is 0 Å². The first-order valence-electron chi connectivity index (χ1n) is 6.02. The van der Waals surface area contributed by atoms with Gasteiger partial charge < -0.3 is 21.5 Å². The van der Waals surface area contributed by atoms with E-state index < -0.39 is 11.9 Å². The molecule has 2 rings (SSSR count). The maximum Gasteiger partial charge on any atom is 0.340 e. The molecule has 7 nitrogen and oxygen atoms in total. The highest BCUT2D eigenvalue weighted by atomic mass is 16.5. The first kappa shape index (κ1) is 14.3. The van der Waals surface area contributed by atoms with Gasteiger partial charge in [0.1, 0.15) is 0 Å². The zero-order valence-corrected chi connectivity index (χ0v) is 11.3. The van der Waals surface area contributed by atoms with Crippen molar-refractivity contribution in [1.29, 1.82) is 0 Å². The highest BCUT2D eigenvalue weighted by Crippen LogP contribution is 2.24. The van der Waals surface area contributed by atoms with E-state index in [1.165, 1.54) is 19.4 Å². The normalized spacial score (nSPS) is 9.95. The number of nitrogens with two attached hydrogens (primary N) is 2. The van der Waals surface area contributed by atoms with Gasteiger partial charge in [-0.2, -0.15) is 0 Å². The number of nitrogen functional groups attached to an aromatic ring is 1. The summed E-state index contributed by atoms with van der Waals surface area (Å²) in [7, 11) is 1.28. The van der Waals surface area contributed by atoms with Crippen LogP contribution in [0.25, 0.3) is 0 Å². The molecule has 21 heavy (non-hydrogen) atoms. The predicted octanol–water partition coefficient (Wildman–Crippen LogP) is 1.29. The Kier molecular flexibility index (Phi) is 4.03. The minimum atomic E-state index is -0.540. The van der Waals surface area contributed by atoms with E-state index in [2.05, 4.69) is 15.0 Å². The summed E-state index contributed by atoms with van der Waals surface area (Å²) in [6, 6.07) is 7.94. The van der Waals surface area contributed by atoms with Crippen molar-refractivity contribution in [3.8, 4) is 0 Å². The van der Waals surface area contributed by atoms with E-state index in [4.69, 9.17) is 11.5 Å². The van der Waals surface area contributed by atoms with Gasteiger partial charge in [-0.05, 0) is 30.3 Å². The molecule has 0 unspecified atom stereocenters. The molecule has 1 aromatic heterocycles. The number of nitrogens with zero attached hydrogens (tertiary/aromatic N) is 1. The van der Waals surface area contributed by atoms with Crippen LogP contribution in [0.15, 0.2) is 36.5 Å². The van der Waals surface area contributed by atoms with E-state index in [1.54, 1.807) is 24.3 Å². The summed E-state index contributed by atoms with van der Waals surface area (Å²) in [5.41, 5.74) is 12.5. The molecule has 1 aromatic carbocycles. The molecule has 7 heteroatoms. The van der Waals surface area contributed by atoms with E-state index in [0.717, 1.165) is 0 Å². The van der Waals surface area contributed by atoms with Gasteiger partial charge in [0.2, 0.25) is 5.91 Å². The molecule has 0 atom stereocenters. The van der Waals surface area contributed by atoms with Gasteiger partial charge in [-0.3, -0.25) is 4.79 Å². The number of hydrogen-bond donors (Lipinski definition) is 3. The third-order valence-corrected chi connectivity index (χ3v) is 2.83. The summed E-state index contributed by atoms with van der Waals surface area (Å²) in [6.07, 6.45) is 1.45. The number of hydrogen-bond acceptors (Lipinski definition) is 6. The van der Waals surface area contributed by atoms with Crippen LogP contribution in [0.4, 0.5) is 17.2 Å². The molecule has 5 N–H and O–H groups in total. The number of pyridine rings is 1. The molecule has 1 heterocycles. The van der Waals surface area contributed by atoms with Gasteiger partial charge in [-0.15, -0.1) is 0 Å². The quantitative estimate of drug-likeness (QED) is 0.728. The lowest BCUT2D eigenvalue weighted by molar-refractivity contribution is 0.0601. The van der Waals surface area contributed by atoms with Gasteiger partial charge in [0.05, 0.1) is 18.4 Å². The van der Waals surface area contributed by atoms with E-state index in [0.29, 0.717) is 17.1 Å². The Labute approximate surface area is 120 Å². The molecule has 2 aromatic rings. The minimum absolute atomic E-state index is 0.184. The van der Waals surface area contributed by atoms with Gasteiger partial charge in [-0.25, -0.2) is 9.78 Å². The number of carbonyl (C=O) groups excluding carboxylic acids is 2. The molecule has 1 amide bonds. The van der Waals surface area contributed by atoms with Gasteiger partial charge in [0, 0.05) is 17.4 Å². The second-order valence-electron chi connectivity index (χ2n) is 4.18. The fourth-order valence-electron chi connectivity index (χ4n) is 1.72. The summed E-state index contributed by atoms with van der Waals surface area (Å²) < 4.78 is 4.64. The highest BCUT2D eigenvalue weighted by molar-refractivity contribution is 5.98. The lowest BCUT2D eigenvalue weighted by Gasteiger charge is -2.11. The molecule has 0 spiro atoms. The van der Waals surface area contributed by atoms with Crippen LogP contribution in [0.2, 0.25) is 0 Å². The molecule has 108 valence electrons. The van der Waals surface area contributed by atoms with Crippen molar-refractivity contribution in [2.24, 2.45) is 5.73 Å². The zero-order valence-electron chi connectivity index (χ0n) is 11.3. The Morgan fingerprint density at radius 1 is 1.19 bits per heavy atom. The summed E-state index contributed by atoms with van der Waals surface area (Å²) in [5.74, 6) is -0.723. The molecular formula is C14H14N4O3. The lowest BCUT2D eigenvalue weighted by atomic mass is 10.2. The number of benzene rings is 1. The third kappa shape index (κ3) is 3.08. The van der Waals surface area contributed by atoms with E-state index in [9.17, 15) is 9.59 Å².